The van der Waals surface area contributed by atoms with Gasteiger partial charge in [-0.1, -0.05) is 6.07 Å². The van der Waals surface area contributed by atoms with Crippen molar-refractivity contribution < 1.29 is 20.1 Å². The number of carbonyl (C=O) groups is 1. The SMILES string of the molecule is NC(CO)C(=O)NCCc1ccc(O)cc1O. The van der Waals surface area contributed by atoms with E-state index in [0.29, 0.717) is 18.5 Å². The van der Waals surface area contributed by atoms with Crippen LogP contribution in [0.2, 0.25) is 0 Å². The van der Waals surface area contributed by atoms with Gasteiger partial charge in [-0.05, 0) is 18.1 Å². The van der Waals surface area contributed by atoms with Crippen molar-refractivity contribution in [3.63, 3.8) is 0 Å². The van der Waals surface area contributed by atoms with Crippen molar-refractivity contribution in [2.24, 2.45) is 5.73 Å². The molecule has 0 saturated carbocycles. The smallest absolute Gasteiger partial charge is 0.239 e. The van der Waals surface area contributed by atoms with Gasteiger partial charge in [0.2, 0.25) is 5.91 Å². The average Bonchev–Trinajstić information content (AvgIpc) is 2.30. The van der Waals surface area contributed by atoms with E-state index < -0.39 is 18.6 Å². The predicted octanol–water partition coefficient (Wildman–Crippen LogP) is -0.924. The Morgan fingerprint density at radius 2 is 2.12 bits per heavy atom. The van der Waals surface area contributed by atoms with E-state index in [9.17, 15) is 9.90 Å². The van der Waals surface area contributed by atoms with Gasteiger partial charge in [0.05, 0.1) is 6.61 Å². The molecule has 0 aliphatic heterocycles. The molecule has 1 rings (SSSR count). The summed E-state index contributed by atoms with van der Waals surface area (Å²) >= 11 is 0. The lowest BCUT2D eigenvalue weighted by Crippen LogP contribution is -2.43. The lowest BCUT2D eigenvalue weighted by atomic mass is 10.1. The Kier molecular flexibility index (Phi) is 4.74. The van der Waals surface area contributed by atoms with E-state index in [-0.39, 0.29) is 11.5 Å². The Morgan fingerprint density at radius 1 is 1.41 bits per heavy atom. The summed E-state index contributed by atoms with van der Waals surface area (Å²) in [6, 6.07) is 3.33. The van der Waals surface area contributed by atoms with E-state index >= 15 is 0 Å². The number of amides is 1. The van der Waals surface area contributed by atoms with Gasteiger partial charge < -0.3 is 26.4 Å². The number of benzene rings is 1. The predicted molar refractivity (Wildman–Crippen MR) is 61.5 cm³/mol. The first-order valence-electron chi connectivity index (χ1n) is 5.19. The molecular formula is C11H16N2O4. The number of aromatic hydroxyl groups is 2. The lowest BCUT2D eigenvalue weighted by molar-refractivity contribution is -0.123. The second kappa shape index (κ2) is 6.07. The minimum absolute atomic E-state index is 0.0161. The fraction of sp³-hybridized carbons (Fsp3) is 0.364. The van der Waals surface area contributed by atoms with Crippen molar-refractivity contribution in [3.8, 4) is 11.5 Å². The first-order valence-corrected chi connectivity index (χ1v) is 5.19. The van der Waals surface area contributed by atoms with Crippen LogP contribution in [0.25, 0.3) is 0 Å². The third kappa shape index (κ3) is 3.93. The second-order valence-electron chi connectivity index (χ2n) is 3.64. The molecule has 1 amide bonds. The third-order valence-corrected chi connectivity index (χ3v) is 2.30. The highest BCUT2D eigenvalue weighted by atomic mass is 16.3. The third-order valence-electron chi connectivity index (χ3n) is 2.30. The number of rotatable bonds is 5. The van der Waals surface area contributed by atoms with E-state index in [1.54, 1.807) is 6.07 Å². The Morgan fingerprint density at radius 3 is 2.71 bits per heavy atom. The van der Waals surface area contributed by atoms with Gasteiger partial charge in [0, 0.05) is 12.6 Å². The van der Waals surface area contributed by atoms with Crippen molar-refractivity contribution in [2.75, 3.05) is 13.2 Å². The van der Waals surface area contributed by atoms with E-state index in [1.807, 2.05) is 0 Å². The zero-order chi connectivity index (χ0) is 12.8. The maximum Gasteiger partial charge on any atom is 0.239 e. The molecule has 0 fully saturated rings. The molecule has 6 nitrogen and oxygen atoms in total. The number of nitrogens with one attached hydrogen (secondary N) is 1. The van der Waals surface area contributed by atoms with Gasteiger partial charge in [-0.25, -0.2) is 0 Å². The minimum atomic E-state index is -0.927. The molecule has 0 radical (unpaired) electrons. The van der Waals surface area contributed by atoms with Gasteiger partial charge in [-0.15, -0.1) is 0 Å². The van der Waals surface area contributed by atoms with Crippen LogP contribution in [0.4, 0.5) is 0 Å². The molecule has 1 aromatic rings. The van der Waals surface area contributed by atoms with Crippen LogP contribution in [-0.2, 0) is 11.2 Å². The summed E-state index contributed by atoms with van der Waals surface area (Å²) in [6.45, 7) is -0.110. The zero-order valence-electron chi connectivity index (χ0n) is 9.26. The molecule has 1 aromatic carbocycles. The van der Waals surface area contributed by atoms with Crippen LogP contribution in [0.3, 0.4) is 0 Å². The van der Waals surface area contributed by atoms with Crippen molar-refractivity contribution in [1.29, 1.82) is 0 Å². The number of nitrogens with two attached hydrogens (primary N) is 1. The summed E-state index contributed by atoms with van der Waals surface area (Å²) in [4.78, 5) is 11.2. The van der Waals surface area contributed by atoms with Crippen LogP contribution in [0.1, 0.15) is 5.56 Å². The molecule has 17 heavy (non-hydrogen) atoms. The lowest BCUT2D eigenvalue weighted by Gasteiger charge is -2.10. The van der Waals surface area contributed by atoms with Crippen LogP contribution in [-0.4, -0.2) is 40.4 Å². The standard InChI is InChI=1S/C11H16N2O4/c12-9(6-14)11(17)13-4-3-7-1-2-8(15)5-10(7)16/h1-2,5,9,14-16H,3-4,6,12H2,(H,13,17). The van der Waals surface area contributed by atoms with Crippen LogP contribution in [0.5, 0.6) is 11.5 Å². The molecule has 0 aliphatic carbocycles. The van der Waals surface area contributed by atoms with Crippen molar-refractivity contribution in [1.82, 2.24) is 5.32 Å². The summed E-state index contributed by atoms with van der Waals surface area (Å²) < 4.78 is 0. The van der Waals surface area contributed by atoms with Gasteiger partial charge in [0.15, 0.2) is 0 Å². The fourth-order valence-electron chi connectivity index (χ4n) is 1.30. The van der Waals surface area contributed by atoms with Crippen molar-refractivity contribution in [2.45, 2.75) is 12.5 Å². The molecule has 6 heteroatoms. The largest absolute Gasteiger partial charge is 0.508 e. The van der Waals surface area contributed by atoms with E-state index in [4.69, 9.17) is 15.9 Å². The number of aliphatic hydroxyl groups is 1. The molecule has 94 valence electrons. The van der Waals surface area contributed by atoms with Crippen LogP contribution < -0.4 is 11.1 Å². The molecule has 0 spiro atoms. The number of hydrogen-bond donors (Lipinski definition) is 5. The molecule has 0 aliphatic rings. The van der Waals surface area contributed by atoms with Gasteiger partial charge in [-0.3, -0.25) is 4.79 Å². The monoisotopic (exact) mass is 240 g/mol. The molecule has 0 bridgehead atoms. The highest BCUT2D eigenvalue weighted by Gasteiger charge is 2.11. The van der Waals surface area contributed by atoms with Crippen LogP contribution in [0.15, 0.2) is 18.2 Å². The zero-order valence-corrected chi connectivity index (χ0v) is 9.26. The van der Waals surface area contributed by atoms with E-state index in [0.717, 1.165) is 0 Å². The average molecular weight is 240 g/mol. The normalized spacial score (nSPS) is 12.1. The summed E-state index contributed by atoms with van der Waals surface area (Å²) in [5, 5.41) is 29.7. The minimum Gasteiger partial charge on any atom is -0.508 e. The van der Waals surface area contributed by atoms with E-state index in [1.165, 1.54) is 12.1 Å². The molecule has 6 N–H and O–H groups in total. The Labute approximate surface area is 98.7 Å². The van der Waals surface area contributed by atoms with Gasteiger partial charge in [0.25, 0.3) is 0 Å². The number of hydrogen-bond acceptors (Lipinski definition) is 5. The molecular weight excluding hydrogens is 224 g/mol. The van der Waals surface area contributed by atoms with Gasteiger partial charge in [0.1, 0.15) is 17.5 Å². The number of phenols is 2. The van der Waals surface area contributed by atoms with Crippen LogP contribution >= 0.6 is 0 Å². The van der Waals surface area contributed by atoms with Crippen molar-refractivity contribution in [3.05, 3.63) is 23.8 Å². The Hall–Kier alpha value is -1.79. The van der Waals surface area contributed by atoms with Gasteiger partial charge in [-0.2, -0.15) is 0 Å². The molecule has 0 saturated heterocycles. The van der Waals surface area contributed by atoms with Gasteiger partial charge >= 0.3 is 0 Å². The Balaban J connectivity index is 2.43. The number of aliphatic hydroxyl groups excluding tert-OH is 1. The highest BCUT2D eigenvalue weighted by molar-refractivity contribution is 5.81. The number of carbonyl (C=O) groups excluding carboxylic acids is 1. The maximum atomic E-state index is 11.2. The maximum absolute atomic E-state index is 11.2. The summed E-state index contributed by atoms with van der Waals surface area (Å²) in [7, 11) is 0. The molecule has 0 heterocycles. The first-order chi connectivity index (χ1) is 8.04. The molecule has 0 aromatic heterocycles. The van der Waals surface area contributed by atoms with Crippen molar-refractivity contribution >= 4 is 5.91 Å². The Bertz CT molecular complexity index is 395. The molecule has 1 atom stereocenters. The first kappa shape index (κ1) is 13.3. The van der Waals surface area contributed by atoms with E-state index in [2.05, 4.69) is 5.32 Å². The molecule has 1 unspecified atom stereocenters. The highest BCUT2D eigenvalue weighted by Crippen LogP contribution is 2.22. The number of phenolic OH excluding ortho intramolecular Hbond substituents is 2. The second-order valence-corrected chi connectivity index (χ2v) is 3.64. The quantitative estimate of drug-likeness (QED) is 0.456. The van der Waals surface area contributed by atoms with Crippen LogP contribution in [0, 0.1) is 0 Å². The topological polar surface area (TPSA) is 116 Å². The summed E-state index contributed by atoms with van der Waals surface area (Å²) in [6.07, 6.45) is 0.413. The summed E-state index contributed by atoms with van der Waals surface area (Å²) in [5.41, 5.74) is 5.91. The fourth-order valence-corrected chi connectivity index (χ4v) is 1.30. The summed E-state index contributed by atoms with van der Waals surface area (Å²) in [5.74, 6) is -0.478.